The first-order valence-corrected chi connectivity index (χ1v) is 7.52. The van der Waals surface area contributed by atoms with E-state index in [2.05, 4.69) is 10.6 Å². The zero-order valence-electron chi connectivity index (χ0n) is 12.5. The van der Waals surface area contributed by atoms with E-state index in [4.69, 9.17) is 4.74 Å². The quantitative estimate of drug-likeness (QED) is 0.784. The average Bonchev–Trinajstić information content (AvgIpc) is 2.52. The van der Waals surface area contributed by atoms with E-state index in [1.807, 2.05) is 13.0 Å². The maximum atomic E-state index is 13.5. The normalized spacial score (nSPS) is 17.4. The van der Waals surface area contributed by atoms with Crippen molar-refractivity contribution in [3.8, 4) is 0 Å². The van der Waals surface area contributed by atoms with Gasteiger partial charge in [-0.3, -0.25) is 4.79 Å². The second kappa shape index (κ2) is 7.52. The van der Waals surface area contributed by atoms with E-state index in [1.165, 1.54) is 12.1 Å². The molecular weight excluding hydrogens is 271 g/mol. The third-order valence-electron chi connectivity index (χ3n) is 4.00. The summed E-state index contributed by atoms with van der Waals surface area (Å²) < 4.78 is 18.9. The molecular formula is C16H23FN2O2. The predicted molar refractivity (Wildman–Crippen MR) is 79.7 cm³/mol. The Labute approximate surface area is 125 Å². The van der Waals surface area contributed by atoms with Gasteiger partial charge < -0.3 is 15.4 Å². The van der Waals surface area contributed by atoms with Crippen LogP contribution in [0.5, 0.6) is 0 Å². The molecule has 0 saturated carbocycles. The van der Waals surface area contributed by atoms with Gasteiger partial charge >= 0.3 is 0 Å². The predicted octanol–water partition coefficient (Wildman–Crippen LogP) is 1.60. The molecule has 0 radical (unpaired) electrons. The van der Waals surface area contributed by atoms with Crippen LogP contribution in [-0.2, 0) is 14.9 Å². The lowest BCUT2D eigenvalue weighted by Gasteiger charge is -2.36. The zero-order valence-corrected chi connectivity index (χ0v) is 12.5. The van der Waals surface area contributed by atoms with Gasteiger partial charge in [0.05, 0.1) is 5.41 Å². The first-order valence-electron chi connectivity index (χ1n) is 7.52. The van der Waals surface area contributed by atoms with Gasteiger partial charge in [-0.1, -0.05) is 19.1 Å². The van der Waals surface area contributed by atoms with Crippen molar-refractivity contribution in [3.63, 3.8) is 0 Å². The maximum absolute atomic E-state index is 13.5. The number of amides is 1. The summed E-state index contributed by atoms with van der Waals surface area (Å²) in [6.45, 7) is 5.25. The van der Waals surface area contributed by atoms with E-state index in [0.717, 1.165) is 18.7 Å². The minimum Gasteiger partial charge on any atom is -0.381 e. The number of benzene rings is 1. The van der Waals surface area contributed by atoms with Gasteiger partial charge in [-0.25, -0.2) is 4.39 Å². The molecule has 1 saturated heterocycles. The van der Waals surface area contributed by atoms with Gasteiger partial charge in [0.2, 0.25) is 5.91 Å². The number of hydrogen-bond acceptors (Lipinski definition) is 3. The van der Waals surface area contributed by atoms with Crippen LogP contribution in [0.25, 0.3) is 0 Å². The molecule has 0 aromatic heterocycles. The second-order valence-corrected chi connectivity index (χ2v) is 5.31. The lowest BCUT2D eigenvalue weighted by Crippen LogP contribution is -2.49. The Morgan fingerprint density at radius 3 is 2.76 bits per heavy atom. The molecule has 1 aliphatic rings. The van der Waals surface area contributed by atoms with Crippen molar-refractivity contribution < 1.29 is 13.9 Å². The van der Waals surface area contributed by atoms with Crippen LogP contribution in [0.15, 0.2) is 24.3 Å². The molecule has 1 fully saturated rings. The van der Waals surface area contributed by atoms with Crippen LogP contribution in [0.1, 0.15) is 25.3 Å². The number of carbonyl (C=O) groups is 1. The summed E-state index contributed by atoms with van der Waals surface area (Å²) in [5.74, 6) is -0.340. The Morgan fingerprint density at radius 2 is 2.10 bits per heavy atom. The topological polar surface area (TPSA) is 50.4 Å². The summed E-state index contributed by atoms with van der Waals surface area (Å²) in [6.07, 6.45) is 1.17. The Kier molecular flexibility index (Phi) is 5.70. The van der Waals surface area contributed by atoms with E-state index in [-0.39, 0.29) is 11.7 Å². The molecule has 2 rings (SSSR count). The van der Waals surface area contributed by atoms with Gasteiger partial charge in [-0.15, -0.1) is 0 Å². The number of ether oxygens (including phenoxy) is 1. The highest BCUT2D eigenvalue weighted by atomic mass is 19.1. The van der Waals surface area contributed by atoms with Gasteiger partial charge in [-0.05, 0) is 37.1 Å². The second-order valence-electron chi connectivity index (χ2n) is 5.31. The summed E-state index contributed by atoms with van der Waals surface area (Å²) in [6, 6.07) is 6.36. The molecule has 0 aliphatic carbocycles. The number of halogens is 1. The third-order valence-corrected chi connectivity index (χ3v) is 4.00. The third kappa shape index (κ3) is 3.80. The molecule has 0 unspecified atom stereocenters. The largest absolute Gasteiger partial charge is 0.381 e. The van der Waals surface area contributed by atoms with E-state index >= 15 is 0 Å². The SMILES string of the molecule is CCNCCNC(=O)C1(c2cccc(F)c2)CCOCC1. The summed E-state index contributed by atoms with van der Waals surface area (Å²) >= 11 is 0. The Balaban J connectivity index is 2.15. The van der Waals surface area contributed by atoms with Crippen LogP contribution < -0.4 is 10.6 Å². The average molecular weight is 294 g/mol. The highest BCUT2D eigenvalue weighted by molar-refractivity contribution is 5.88. The molecule has 0 atom stereocenters. The van der Waals surface area contributed by atoms with Gasteiger partial charge in [0.15, 0.2) is 0 Å². The molecule has 0 spiro atoms. The highest BCUT2D eigenvalue weighted by Crippen LogP contribution is 2.35. The number of carbonyl (C=O) groups excluding carboxylic acids is 1. The fourth-order valence-corrected chi connectivity index (χ4v) is 2.76. The lowest BCUT2D eigenvalue weighted by molar-refractivity contribution is -0.130. The molecule has 5 heteroatoms. The minimum absolute atomic E-state index is 0.0331. The summed E-state index contributed by atoms with van der Waals surface area (Å²) in [5.41, 5.74) is 0.0683. The van der Waals surface area contributed by atoms with Crippen molar-refractivity contribution in [2.24, 2.45) is 0 Å². The summed E-state index contributed by atoms with van der Waals surface area (Å²) in [5, 5.41) is 6.14. The van der Waals surface area contributed by atoms with Crippen molar-refractivity contribution in [3.05, 3.63) is 35.6 Å². The van der Waals surface area contributed by atoms with Crippen LogP contribution in [0.2, 0.25) is 0 Å². The van der Waals surface area contributed by atoms with Crippen molar-refractivity contribution in [2.45, 2.75) is 25.2 Å². The standard InChI is InChI=1S/C16H23FN2O2/c1-2-18-8-9-19-15(20)16(6-10-21-11-7-16)13-4-3-5-14(17)12-13/h3-5,12,18H,2,6-11H2,1H3,(H,19,20). The molecule has 2 N–H and O–H groups in total. The Morgan fingerprint density at radius 1 is 1.33 bits per heavy atom. The van der Waals surface area contributed by atoms with E-state index < -0.39 is 5.41 Å². The summed E-state index contributed by atoms with van der Waals surface area (Å²) in [7, 11) is 0. The van der Waals surface area contributed by atoms with E-state index in [9.17, 15) is 9.18 Å². The molecule has 116 valence electrons. The fraction of sp³-hybridized carbons (Fsp3) is 0.562. The van der Waals surface area contributed by atoms with Crippen LogP contribution >= 0.6 is 0 Å². The first kappa shape index (κ1) is 15.9. The Bertz CT molecular complexity index is 473. The zero-order chi connectivity index (χ0) is 15.1. The van der Waals surface area contributed by atoms with Crippen molar-refractivity contribution in [1.82, 2.24) is 10.6 Å². The van der Waals surface area contributed by atoms with Gasteiger partial charge in [0, 0.05) is 26.3 Å². The first-order chi connectivity index (χ1) is 10.2. The van der Waals surface area contributed by atoms with Crippen LogP contribution in [0.3, 0.4) is 0 Å². The molecule has 1 amide bonds. The van der Waals surface area contributed by atoms with E-state index in [0.29, 0.717) is 32.6 Å². The monoisotopic (exact) mass is 294 g/mol. The van der Waals surface area contributed by atoms with Crippen molar-refractivity contribution in [1.29, 1.82) is 0 Å². The van der Waals surface area contributed by atoms with Crippen molar-refractivity contribution in [2.75, 3.05) is 32.8 Å². The Hall–Kier alpha value is -1.46. The van der Waals surface area contributed by atoms with E-state index in [1.54, 1.807) is 6.07 Å². The maximum Gasteiger partial charge on any atom is 0.230 e. The van der Waals surface area contributed by atoms with Crippen LogP contribution in [0.4, 0.5) is 4.39 Å². The highest BCUT2D eigenvalue weighted by Gasteiger charge is 2.41. The number of likely N-dealkylation sites (N-methyl/N-ethyl adjacent to an activating group) is 1. The molecule has 1 heterocycles. The molecule has 21 heavy (non-hydrogen) atoms. The molecule has 1 aromatic carbocycles. The van der Waals surface area contributed by atoms with Crippen LogP contribution in [-0.4, -0.2) is 38.8 Å². The lowest BCUT2D eigenvalue weighted by atomic mass is 9.73. The molecule has 0 bridgehead atoms. The van der Waals surface area contributed by atoms with Gasteiger partial charge in [0.1, 0.15) is 5.82 Å². The number of nitrogens with one attached hydrogen (secondary N) is 2. The fourth-order valence-electron chi connectivity index (χ4n) is 2.76. The minimum atomic E-state index is -0.674. The number of rotatable bonds is 6. The van der Waals surface area contributed by atoms with Crippen LogP contribution in [0, 0.1) is 5.82 Å². The number of hydrogen-bond donors (Lipinski definition) is 2. The molecule has 4 nitrogen and oxygen atoms in total. The smallest absolute Gasteiger partial charge is 0.230 e. The van der Waals surface area contributed by atoms with Crippen molar-refractivity contribution >= 4 is 5.91 Å². The molecule has 1 aromatic rings. The van der Waals surface area contributed by atoms with Gasteiger partial charge in [-0.2, -0.15) is 0 Å². The van der Waals surface area contributed by atoms with Gasteiger partial charge in [0.25, 0.3) is 0 Å². The molecule has 1 aliphatic heterocycles. The summed E-state index contributed by atoms with van der Waals surface area (Å²) in [4.78, 5) is 12.7.